The number of hydrogen-bond donors (Lipinski definition) is 1. The fourth-order valence-corrected chi connectivity index (χ4v) is 5.04. The number of carbonyl (C=O) groups is 3. The minimum absolute atomic E-state index is 0.0413. The number of nitrogens with zero attached hydrogens (tertiary/aromatic N) is 2. The predicted octanol–water partition coefficient (Wildman–Crippen LogP) is 4.72. The van der Waals surface area contributed by atoms with Gasteiger partial charge in [-0.25, -0.2) is 0 Å². The fourth-order valence-electron chi connectivity index (χ4n) is 4.63. The van der Waals surface area contributed by atoms with E-state index in [4.69, 9.17) is 0 Å². The maximum Gasteiger partial charge on any atom is 0.254 e. The van der Waals surface area contributed by atoms with Crippen LogP contribution in [0.4, 0.5) is 11.4 Å². The normalized spacial score (nSPS) is 20.8. The molecular weight excluding hydrogens is 434 g/mol. The minimum Gasteiger partial charge on any atom is -0.336 e. The van der Waals surface area contributed by atoms with Gasteiger partial charge in [0.2, 0.25) is 11.8 Å². The Morgan fingerprint density at radius 2 is 1.85 bits per heavy atom. The first-order valence-electron chi connectivity index (χ1n) is 11.5. The molecule has 2 fully saturated rings. The highest BCUT2D eigenvalue weighted by molar-refractivity contribution is 7.98. The van der Waals surface area contributed by atoms with Crippen LogP contribution in [0.2, 0.25) is 0 Å². The Bertz CT molecular complexity index is 1050. The third kappa shape index (κ3) is 5.08. The van der Waals surface area contributed by atoms with Crippen LogP contribution < -0.4 is 10.2 Å². The lowest BCUT2D eigenvalue weighted by molar-refractivity contribution is -0.122. The molecule has 0 saturated carbocycles. The van der Waals surface area contributed by atoms with Crippen molar-refractivity contribution < 1.29 is 14.4 Å². The molecule has 7 heteroatoms. The molecule has 2 heterocycles. The number of likely N-dealkylation sites (tertiary alicyclic amines) is 1. The number of rotatable bonds is 5. The van der Waals surface area contributed by atoms with Crippen molar-refractivity contribution in [1.29, 1.82) is 0 Å². The lowest BCUT2D eigenvalue weighted by atomic mass is 10.0. The molecule has 1 N–H and O–H groups in total. The van der Waals surface area contributed by atoms with Crippen molar-refractivity contribution in [2.45, 2.75) is 50.5 Å². The molecule has 2 unspecified atom stereocenters. The van der Waals surface area contributed by atoms with Gasteiger partial charge in [0.25, 0.3) is 5.91 Å². The van der Waals surface area contributed by atoms with E-state index in [1.54, 1.807) is 28.8 Å². The molecule has 2 aromatic carbocycles. The molecule has 4 rings (SSSR count). The van der Waals surface area contributed by atoms with Gasteiger partial charge in [-0.2, -0.15) is 0 Å². The number of piperidine rings is 1. The van der Waals surface area contributed by atoms with Gasteiger partial charge in [-0.3, -0.25) is 14.4 Å². The monoisotopic (exact) mass is 465 g/mol. The van der Waals surface area contributed by atoms with E-state index in [0.717, 1.165) is 35.5 Å². The summed E-state index contributed by atoms with van der Waals surface area (Å²) in [6.45, 7) is 5.16. The van der Waals surface area contributed by atoms with E-state index >= 15 is 0 Å². The molecular formula is C26H31N3O3S. The highest BCUT2D eigenvalue weighted by Gasteiger charge is 2.35. The Balaban J connectivity index is 1.41. The largest absolute Gasteiger partial charge is 0.336 e. The average Bonchev–Trinajstić information content (AvgIpc) is 3.22. The van der Waals surface area contributed by atoms with E-state index in [2.05, 4.69) is 12.2 Å². The van der Waals surface area contributed by atoms with Crippen LogP contribution in [0.15, 0.2) is 47.4 Å². The molecule has 2 aliphatic heterocycles. The smallest absolute Gasteiger partial charge is 0.254 e. The number of hydrogen-bond acceptors (Lipinski definition) is 4. The highest BCUT2D eigenvalue weighted by atomic mass is 32.2. The van der Waals surface area contributed by atoms with Gasteiger partial charge in [0.05, 0.1) is 5.92 Å². The van der Waals surface area contributed by atoms with Gasteiger partial charge < -0.3 is 15.1 Å². The summed E-state index contributed by atoms with van der Waals surface area (Å²) in [5.74, 6) is -0.570. The second-order valence-corrected chi connectivity index (χ2v) is 9.85. The van der Waals surface area contributed by atoms with Crippen LogP contribution in [-0.2, 0) is 9.59 Å². The molecule has 2 aromatic rings. The molecule has 0 spiro atoms. The van der Waals surface area contributed by atoms with Gasteiger partial charge in [0.15, 0.2) is 0 Å². The predicted molar refractivity (Wildman–Crippen MR) is 133 cm³/mol. The molecule has 3 amide bonds. The lowest BCUT2D eigenvalue weighted by Crippen LogP contribution is -2.42. The standard InChI is InChI=1S/C26H31N3O3S/c1-17-14-19(26(32)28-13-5-4-6-18(28)2)7-12-23(17)27-25(31)20-15-24(30)29(16-20)21-8-10-22(33-3)11-9-21/h7-12,14,18,20H,4-6,13,15-16H2,1-3H3,(H,27,31). The SMILES string of the molecule is CSc1ccc(N2CC(C(=O)Nc3ccc(C(=O)N4CCCCC4C)cc3C)CC2=O)cc1. The first kappa shape index (κ1) is 23.4. The first-order valence-corrected chi connectivity index (χ1v) is 12.8. The molecule has 0 bridgehead atoms. The summed E-state index contributed by atoms with van der Waals surface area (Å²) >= 11 is 1.65. The van der Waals surface area contributed by atoms with Crippen molar-refractivity contribution in [2.75, 3.05) is 29.6 Å². The fraction of sp³-hybridized carbons (Fsp3) is 0.423. The molecule has 33 heavy (non-hydrogen) atoms. The van der Waals surface area contributed by atoms with Crippen molar-refractivity contribution in [3.05, 3.63) is 53.6 Å². The number of nitrogens with one attached hydrogen (secondary N) is 1. The summed E-state index contributed by atoms with van der Waals surface area (Å²) in [5.41, 5.74) is 2.99. The molecule has 0 aliphatic carbocycles. The van der Waals surface area contributed by atoms with Crippen LogP contribution >= 0.6 is 11.8 Å². The number of amides is 3. The average molecular weight is 466 g/mol. The Morgan fingerprint density at radius 1 is 1.09 bits per heavy atom. The lowest BCUT2D eigenvalue weighted by Gasteiger charge is -2.33. The van der Waals surface area contributed by atoms with Gasteiger partial charge in [-0.1, -0.05) is 0 Å². The second-order valence-electron chi connectivity index (χ2n) is 8.97. The van der Waals surface area contributed by atoms with Crippen LogP contribution in [0, 0.1) is 12.8 Å². The Kier molecular flexibility index (Phi) is 7.08. The second kappa shape index (κ2) is 10.00. The van der Waals surface area contributed by atoms with E-state index in [-0.39, 0.29) is 30.2 Å². The molecule has 2 aliphatic rings. The number of thioether (sulfide) groups is 1. The highest BCUT2D eigenvalue weighted by Crippen LogP contribution is 2.29. The zero-order valence-corrected chi connectivity index (χ0v) is 20.3. The van der Waals surface area contributed by atoms with E-state index in [9.17, 15) is 14.4 Å². The molecule has 2 atom stereocenters. The van der Waals surface area contributed by atoms with Crippen LogP contribution in [0.25, 0.3) is 0 Å². The number of benzene rings is 2. The van der Waals surface area contributed by atoms with Crippen LogP contribution in [0.5, 0.6) is 0 Å². The van der Waals surface area contributed by atoms with Crippen molar-refractivity contribution in [3.8, 4) is 0 Å². The maximum absolute atomic E-state index is 12.9. The molecule has 6 nitrogen and oxygen atoms in total. The quantitative estimate of drug-likeness (QED) is 0.649. The number of anilines is 2. The van der Waals surface area contributed by atoms with Crippen LogP contribution in [-0.4, -0.2) is 48.0 Å². The Hall–Kier alpha value is -2.80. The Labute approximate surface area is 199 Å². The summed E-state index contributed by atoms with van der Waals surface area (Å²) in [7, 11) is 0. The third-order valence-electron chi connectivity index (χ3n) is 6.67. The summed E-state index contributed by atoms with van der Waals surface area (Å²) in [6, 6.07) is 13.5. The van der Waals surface area contributed by atoms with E-state index < -0.39 is 5.92 Å². The Morgan fingerprint density at radius 3 is 2.52 bits per heavy atom. The summed E-state index contributed by atoms with van der Waals surface area (Å²) in [4.78, 5) is 43.2. The first-order chi connectivity index (χ1) is 15.9. The van der Waals surface area contributed by atoms with Crippen molar-refractivity contribution in [1.82, 2.24) is 4.90 Å². The van der Waals surface area contributed by atoms with Crippen LogP contribution in [0.3, 0.4) is 0 Å². The third-order valence-corrected chi connectivity index (χ3v) is 7.42. The molecule has 0 aromatic heterocycles. The van der Waals surface area contributed by atoms with Crippen molar-refractivity contribution in [2.24, 2.45) is 5.92 Å². The van der Waals surface area contributed by atoms with E-state index in [0.29, 0.717) is 17.8 Å². The topological polar surface area (TPSA) is 69.7 Å². The zero-order valence-electron chi connectivity index (χ0n) is 19.5. The molecule has 174 valence electrons. The number of aryl methyl sites for hydroxylation is 1. The summed E-state index contributed by atoms with van der Waals surface area (Å²) in [5, 5.41) is 2.97. The van der Waals surface area contributed by atoms with Gasteiger partial charge in [0.1, 0.15) is 0 Å². The van der Waals surface area contributed by atoms with Gasteiger partial charge in [-0.05, 0) is 87.4 Å². The van der Waals surface area contributed by atoms with Gasteiger partial charge >= 0.3 is 0 Å². The summed E-state index contributed by atoms with van der Waals surface area (Å²) in [6.07, 6.45) is 5.45. The molecule has 2 saturated heterocycles. The van der Waals surface area contributed by atoms with E-state index in [1.807, 2.05) is 48.4 Å². The maximum atomic E-state index is 12.9. The minimum atomic E-state index is -0.410. The zero-order chi connectivity index (χ0) is 23.5. The molecule has 0 radical (unpaired) electrons. The van der Waals surface area contributed by atoms with Crippen LogP contribution in [0.1, 0.15) is 48.5 Å². The van der Waals surface area contributed by atoms with Gasteiger partial charge in [0, 0.05) is 47.4 Å². The van der Waals surface area contributed by atoms with Crippen molar-refractivity contribution >= 4 is 40.9 Å². The summed E-state index contributed by atoms with van der Waals surface area (Å²) < 4.78 is 0. The number of carbonyl (C=O) groups excluding carboxylic acids is 3. The van der Waals surface area contributed by atoms with Crippen molar-refractivity contribution in [3.63, 3.8) is 0 Å². The van der Waals surface area contributed by atoms with Gasteiger partial charge in [-0.15, -0.1) is 11.8 Å². The van der Waals surface area contributed by atoms with E-state index in [1.165, 1.54) is 6.42 Å².